The minimum absolute atomic E-state index is 0.773. The standard InChI is InChI=1S/C14H14O2S/c1-11-4-3-5-14(10-11)17(15)13-8-6-12(16-2)7-9-13/h3-10H,1-2H3. The SMILES string of the molecule is COc1ccc(S(=O)c2cccc(C)c2)cc1. The molecule has 0 aromatic heterocycles. The van der Waals surface area contributed by atoms with Gasteiger partial charge in [-0.25, -0.2) is 4.21 Å². The van der Waals surface area contributed by atoms with Crippen molar-refractivity contribution in [3.05, 3.63) is 54.1 Å². The van der Waals surface area contributed by atoms with Crippen molar-refractivity contribution in [1.29, 1.82) is 0 Å². The molecule has 0 aliphatic heterocycles. The number of aryl methyl sites for hydroxylation is 1. The first-order valence-electron chi connectivity index (χ1n) is 5.33. The van der Waals surface area contributed by atoms with E-state index in [1.54, 1.807) is 7.11 Å². The molecule has 2 nitrogen and oxygen atoms in total. The van der Waals surface area contributed by atoms with Crippen molar-refractivity contribution >= 4 is 10.8 Å². The van der Waals surface area contributed by atoms with Crippen LogP contribution in [-0.2, 0) is 10.8 Å². The average Bonchev–Trinajstić information content (AvgIpc) is 2.38. The zero-order valence-electron chi connectivity index (χ0n) is 9.84. The number of hydrogen-bond acceptors (Lipinski definition) is 2. The lowest BCUT2D eigenvalue weighted by atomic mass is 10.2. The van der Waals surface area contributed by atoms with E-state index in [-0.39, 0.29) is 0 Å². The van der Waals surface area contributed by atoms with Gasteiger partial charge in [0.2, 0.25) is 0 Å². The summed E-state index contributed by atoms with van der Waals surface area (Å²) in [5, 5.41) is 0. The van der Waals surface area contributed by atoms with Gasteiger partial charge in [-0.2, -0.15) is 0 Å². The molecule has 2 rings (SSSR count). The van der Waals surface area contributed by atoms with E-state index < -0.39 is 10.8 Å². The predicted octanol–water partition coefficient (Wildman–Crippen LogP) is 3.17. The van der Waals surface area contributed by atoms with Gasteiger partial charge in [0.25, 0.3) is 0 Å². The molecule has 2 aromatic rings. The highest BCUT2D eigenvalue weighted by molar-refractivity contribution is 7.85. The molecular formula is C14H14O2S. The Bertz CT molecular complexity index is 532. The molecule has 0 saturated carbocycles. The Balaban J connectivity index is 2.30. The number of benzene rings is 2. The van der Waals surface area contributed by atoms with Gasteiger partial charge in [0.1, 0.15) is 5.75 Å². The van der Waals surface area contributed by atoms with E-state index in [0.29, 0.717) is 0 Å². The molecule has 0 aliphatic rings. The van der Waals surface area contributed by atoms with E-state index in [1.165, 1.54) is 0 Å². The Hall–Kier alpha value is -1.61. The number of ether oxygens (including phenoxy) is 1. The van der Waals surface area contributed by atoms with Crippen LogP contribution in [0.2, 0.25) is 0 Å². The van der Waals surface area contributed by atoms with Crippen molar-refractivity contribution < 1.29 is 8.95 Å². The Morgan fingerprint density at radius 3 is 2.29 bits per heavy atom. The van der Waals surface area contributed by atoms with E-state index in [9.17, 15) is 4.21 Å². The van der Waals surface area contributed by atoms with E-state index in [2.05, 4.69) is 0 Å². The smallest absolute Gasteiger partial charge is 0.118 e. The molecule has 2 aromatic carbocycles. The molecule has 0 saturated heterocycles. The predicted molar refractivity (Wildman–Crippen MR) is 68.8 cm³/mol. The fourth-order valence-electron chi connectivity index (χ4n) is 1.57. The molecule has 0 fully saturated rings. The van der Waals surface area contributed by atoms with Gasteiger partial charge >= 0.3 is 0 Å². The van der Waals surface area contributed by atoms with Gasteiger partial charge in [0, 0.05) is 9.79 Å². The Kier molecular flexibility index (Phi) is 3.59. The van der Waals surface area contributed by atoms with Crippen LogP contribution in [-0.4, -0.2) is 11.3 Å². The summed E-state index contributed by atoms with van der Waals surface area (Å²) in [6.07, 6.45) is 0. The quantitative estimate of drug-likeness (QED) is 0.831. The van der Waals surface area contributed by atoms with Crippen molar-refractivity contribution in [2.45, 2.75) is 16.7 Å². The van der Waals surface area contributed by atoms with Crippen LogP contribution in [0.4, 0.5) is 0 Å². The van der Waals surface area contributed by atoms with Crippen LogP contribution in [0.25, 0.3) is 0 Å². The lowest BCUT2D eigenvalue weighted by Crippen LogP contribution is -1.93. The fraction of sp³-hybridized carbons (Fsp3) is 0.143. The minimum atomic E-state index is -1.12. The van der Waals surface area contributed by atoms with Crippen molar-refractivity contribution in [3.63, 3.8) is 0 Å². The van der Waals surface area contributed by atoms with Gasteiger partial charge in [0.15, 0.2) is 0 Å². The second-order valence-electron chi connectivity index (χ2n) is 3.76. The van der Waals surface area contributed by atoms with Gasteiger partial charge < -0.3 is 4.74 Å². The first-order valence-corrected chi connectivity index (χ1v) is 6.48. The van der Waals surface area contributed by atoms with Crippen molar-refractivity contribution in [3.8, 4) is 5.75 Å². The minimum Gasteiger partial charge on any atom is -0.497 e. The molecular weight excluding hydrogens is 232 g/mol. The highest BCUT2D eigenvalue weighted by atomic mass is 32.2. The summed E-state index contributed by atoms with van der Waals surface area (Å²) in [4.78, 5) is 1.62. The number of methoxy groups -OCH3 is 1. The lowest BCUT2D eigenvalue weighted by Gasteiger charge is -2.04. The first-order chi connectivity index (χ1) is 8.20. The third-order valence-corrected chi connectivity index (χ3v) is 3.86. The highest BCUT2D eigenvalue weighted by Crippen LogP contribution is 2.20. The summed E-state index contributed by atoms with van der Waals surface area (Å²) in [7, 11) is 0.495. The van der Waals surface area contributed by atoms with Gasteiger partial charge in [-0.1, -0.05) is 12.1 Å². The zero-order chi connectivity index (χ0) is 12.3. The van der Waals surface area contributed by atoms with Crippen LogP contribution in [0.1, 0.15) is 5.56 Å². The number of rotatable bonds is 3. The maximum absolute atomic E-state index is 12.3. The summed E-state index contributed by atoms with van der Waals surface area (Å²) >= 11 is 0. The van der Waals surface area contributed by atoms with Gasteiger partial charge in [0.05, 0.1) is 17.9 Å². The summed E-state index contributed by atoms with van der Waals surface area (Å²) in [5.41, 5.74) is 1.12. The topological polar surface area (TPSA) is 26.3 Å². The second-order valence-corrected chi connectivity index (χ2v) is 5.24. The average molecular weight is 246 g/mol. The van der Waals surface area contributed by atoms with Gasteiger partial charge in [-0.3, -0.25) is 0 Å². The molecule has 0 radical (unpaired) electrons. The molecule has 0 amide bonds. The monoisotopic (exact) mass is 246 g/mol. The molecule has 0 spiro atoms. The lowest BCUT2D eigenvalue weighted by molar-refractivity contribution is 0.414. The molecule has 0 N–H and O–H groups in total. The molecule has 3 heteroatoms. The molecule has 17 heavy (non-hydrogen) atoms. The molecule has 0 heterocycles. The summed E-state index contributed by atoms with van der Waals surface area (Å²) in [6.45, 7) is 1.99. The summed E-state index contributed by atoms with van der Waals surface area (Å²) in [5.74, 6) is 0.773. The summed E-state index contributed by atoms with van der Waals surface area (Å²) < 4.78 is 17.3. The first kappa shape index (κ1) is 11.9. The van der Waals surface area contributed by atoms with Crippen LogP contribution in [0.15, 0.2) is 58.3 Å². The molecule has 0 bridgehead atoms. The van der Waals surface area contributed by atoms with E-state index in [1.807, 2.05) is 55.5 Å². The highest BCUT2D eigenvalue weighted by Gasteiger charge is 2.06. The maximum atomic E-state index is 12.3. The Morgan fingerprint density at radius 1 is 1.00 bits per heavy atom. The normalized spacial score (nSPS) is 12.1. The zero-order valence-corrected chi connectivity index (χ0v) is 10.7. The largest absolute Gasteiger partial charge is 0.497 e. The van der Waals surface area contributed by atoms with E-state index >= 15 is 0 Å². The third-order valence-electron chi connectivity index (χ3n) is 2.48. The van der Waals surface area contributed by atoms with E-state index in [0.717, 1.165) is 21.1 Å². The van der Waals surface area contributed by atoms with Crippen LogP contribution in [0, 0.1) is 6.92 Å². The molecule has 1 atom stereocenters. The molecule has 88 valence electrons. The fourth-order valence-corrected chi connectivity index (χ4v) is 2.72. The van der Waals surface area contributed by atoms with Crippen molar-refractivity contribution in [2.24, 2.45) is 0 Å². The van der Waals surface area contributed by atoms with Crippen molar-refractivity contribution in [1.82, 2.24) is 0 Å². The summed E-state index contributed by atoms with van der Waals surface area (Å²) in [6, 6.07) is 15.1. The van der Waals surface area contributed by atoms with Gasteiger partial charge in [-0.15, -0.1) is 0 Å². The van der Waals surface area contributed by atoms with Crippen molar-refractivity contribution in [2.75, 3.05) is 7.11 Å². The number of hydrogen-bond donors (Lipinski definition) is 0. The van der Waals surface area contributed by atoms with Crippen LogP contribution in [0.5, 0.6) is 5.75 Å². The van der Waals surface area contributed by atoms with Crippen LogP contribution in [0.3, 0.4) is 0 Å². The third kappa shape index (κ3) is 2.74. The maximum Gasteiger partial charge on any atom is 0.118 e. The van der Waals surface area contributed by atoms with E-state index in [4.69, 9.17) is 4.74 Å². The van der Waals surface area contributed by atoms with Gasteiger partial charge in [-0.05, 0) is 48.9 Å². The molecule has 1 unspecified atom stereocenters. The Morgan fingerprint density at radius 2 is 1.71 bits per heavy atom. The Labute approximate surface area is 104 Å². The second kappa shape index (κ2) is 5.15. The van der Waals surface area contributed by atoms with Crippen LogP contribution >= 0.6 is 0 Å². The molecule has 0 aliphatic carbocycles. The van der Waals surface area contributed by atoms with Crippen LogP contribution < -0.4 is 4.74 Å².